The van der Waals surface area contributed by atoms with Crippen molar-refractivity contribution < 1.29 is 23.7 Å². The molecule has 23 heavy (non-hydrogen) atoms. The van der Waals surface area contributed by atoms with E-state index < -0.39 is 0 Å². The minimum Gasteiger partial charge on any atom is -0.489 e. The summed E-state index contributed by atoms with van der Waals surface area (Å²) in [4.78, 5) is 13.0. The Morgan fingerprint density at radius 3 is 2.57 bits per heavy atom. The highest BCUT2D eigenvalue weighted by Crippen LogP contribution is 2.38. The molecule has 0 saturated heterocycles. The highest BCUT2D eigenvalue weighted by molar-refractivity contribution is 9.10. The van der Waals surface area contributed by atoms with Crippen molar-refractivity contribution >= 4 is 33.7 Å². The summed E-state index contributed by atoms with van der Waals surface area (Å²) in [6.07, 6.45) is 0. The fourth-order valence-corrected chi connectivity index (χ4v) is 3.28. The van der Waals surface area contributed by atoms with Gasteiger partial charge in [0.15, 0.2) is 0 Å². The lowest BCUT2D eigenvalue weighted by Crippen LogP contribution is -2.12. The van der Waals surface area contributed by atoms with E-state index in [1.165, 1.54) is 0 Å². The number of ether oxygens (including phenoxy) is 4. The number of carbonyl (C=O) groups excluding carboxylic acids is 1. The second-order valence-electron chi connectivity index (χ2n) is 4.36. The highest BCUT2D eigenvalue weighted by Gasteiger charge is 2.18. The number of hydrogen-bond acceptors (Lipinski definition) is 6. The van der Waals surface area contributed by atoms with Gasteiger partial charge in [-0.2, -0.15) is 0 Å². The zero-order valence-electron chi connectivity index (χ0n) is 13.7. The van der Waals surface area contributed by atoms with Crippen molar-refractivity contribution in [1.29, 1.82) is 0 Å². The summed E-state index contributed by atoms with van der Waals surface area (Å²) >= 11 is 5.12. The molecule has 0 fully saturated rings. The fourth-order valence-electron chi connectivity index (χ4n) is 1.76. The van der Waals surface area contributed by atoms with Crippen LogP contribution in [0.25, 0.3) is 0 Å². The number of thioether (sulfide) groups is 1. The van der Waals surface area contributed by atoms with Crippen LogP contribution in [0.2, 0.25) is 0 Å². The standard InChI is InChI=1S/C16H23BrO5S/c1-4-21-16(18)12-6-7-13(23-5-2)15(14(12)17)22-11-10-20-9-8-19-3/h6-7H,4-5,8-11H2,1-3H3. The van der Waals surface area contributed by atoms with Gasteiger partial charge in [0.2, 0.25) is 0 Å². The van der Waals surface area contributed by atoms with Crippen LogP contribution in [0, 0.1) is 0 Å². The normalized spacial score (nSPS) is 10.6. The third kappa shape index (κ3) is 6.71. The Balaban J connectivity index is 2.79. The van der Waals surface area contributed by atoms with E-state index in [1.807, 2.05) is 6.07 Å². The van der Waals surface area contributed by atoms with E-state index in [0.717, 1.165) is 10.6 Å². The number of esters is 1. The first kappa shape index (κ1) is 20.3. The van der Waals surface area contributed by atoms with Crippen molar-refractivity contribution in [3.8, 4) is 5.75 Å². The summed E-state index contributed by atoms with van der Waals surface area (Å²) < 4.78 is 21.8. The summed E-state index contributed by atoms with van der Waals surface area (Å²) in [7, 11) is 1.63. The molecule has 0 aliphatic heterocycles. The molecule has 7 heteroatoms. The van der Waals surface area contributed by atoms with Gasteiger partial charge < -0.3 is 18.9 Å². The van der Waals surface area contributed by atoms with Crippen LogP contribution in [-0.4, -0.2) is 51.9 Å². The second-order valence-corrected chi connectivity index (χ2v) is 6.46. The molecule has 1 aromatic rings. The molecular formula is C16H23BrO5S. The number of methoxy groups -OCH3 is 1. The maximum atomic E-state index is 12.0. The third-order valence-corrected chi connectivity index (χ3v) is 4.47. The van der Waals surface area contributed by atoms with Gasteiger partial charge in [0.25, 0.3) is 0 Å². The van der Waals surface area contributed by atoms with E-state index in [-0.39, 0.29) is 5.97 Å². The smallest absolute Gasteiger partial charge is 0.339 e. The molecule has 130 valence electrons. The summed E-state index contributed by atoms with van der Waals surface area (Å²) in [6, 6.07) is 3.63. The molecule has 0 aliphatic carbocycles. The van der Waals surface area contributed by atoms with Gasteiger partial charge in [-0.25, -0.2) is 4.79 Å². The van der Waals surface area contributed by atoms with Gasteiger partial charge >= 0.3 is 5.97 Å². The maximum Gasteiger partial charge on any atom is 0.339 e. The average molecular weight is 407 g/mol. The van der Waals surface area contributed by atoms with Crippen molar-refractivity contribution in [3.05, 3.63) is 22.2 Å². The Morgan fingerprint density at radius 2 is 1.91 bits per heavy atom. The molecule has 0 radical (unpaired) electrons. The molecule has 0 atom stereocenters. The Labute approximate surface area is 150 Å². The molecule has 1 aromatic carbocycles. The van der Waals surface area contributed by atoms with Crippen LogP contribution in [-0.2, 0) is 14.2 Å². The summed E-state index contributed by atoms with van der Waals surface area (Å²) in [5.74, 6) is 1.19. The maximum absolute atomic E-state index is 12.0. The summed E-state index contributed by atoms with van der Waals surface area (Å²) in [5, 5.41) is 0. The molecule has 0 N–H and O–H groups in total. The van der Waals surface area contributed by atoms with E-state index in [0.29, 0.717) is 48.8 Å². The minimum absolute atomic E-state index is 0.334. The van der Waals surface area contributed by atoms with Gasteiger partial charge in [0, 0.05) is 7.11 Å². The molecule has 0 saturated carbocycles. The van der Waals surface area contributed by atoms with E-state index in [2.05, 4.69) is 22.9 Å². The molecule has 0 spiro atoms. The van der Waals surface area contributed by atoms with Gasteiger partial charge in [0.1, 0.15) is 12.4 Å². The van der Waals surface area contributed by atoms with E-state index in [4.69, 9.17) is 18.9 Å². The van der Waals surface area contributed by atoms with Crippen LogP contribution in [0.4, 0.5) is 0 Å². The Bertz CT molecular complexity index is 496. The first-order valence-corrected chi connectivity index (χ1v) is 9.25. The van der Waals surface area contributed by atoms with Crippen molar-refractivity contribution in [3.63, 3.8) is 0 Å². The van der Waals surface area contributed by atoms with Crippen LogP contribution in [0.5, 0.6) is 5.75 Å². The van der Waals surface area contributed by atoms with Gasteiger partial charge in [-0.3, -0.25) is 0 Å². The summed E-state index contributed by atoms with van der Waals surface area (Å²) in [6.45, 7) is 6.11. The lowest BCUT2D eigenvalue weighted by molar-refractivity contribution is 0.0517. The Kier molecular flexibility index (Phi) is 10.3. The average Bonchev–Trinajstić information content (AvgIpc) is 2.53. The molecular weight excluding hydrogens is 384 g/mol. The van der Waals surface area contributed by atoms with Gasteiger partial charge in [-0.1, -0.05) is 6.92 Å². The zero-order valence-corrected chi connectivity index (χ0v) is 16.1. The van der Waals surface area contributed by atoms with Crippen molar-refractivity contribution in [2.75, 3.05) is 45.9 Å². The number of carbonyl (C=O) groups is 1. The number of hydrogen-bond donors (Lipinski definition) is 0. The van der Waals surface area contributed by atoms with Crippen molar-refractivity contribution in [1.82, 2.24) is 0 Å². The second kappa shape index (κ2) is 11.7. The third-order valence-electron chi connectivity index (χ3n) is 2.76. The van der Waals surface area contributed by atoms with Gasteiger partial charge in [-0.15, -0.1) is 11.8 Å². The van der Waals surface area contributed by atoms with Crippen LogP contribution in [0.3, 0.4) is 0 Å². The molecule has 1 rings (SSSR count). The Morgan fingerprint density at radius 1 is 1.17 bits per heavy atom. The lowest BCUT2D eigenvalue weighted by atomic mass is 10.2. The summed E-state index contributed by atoms with van der Waals surface area (Å²) in [5.41, 5.74) is 0.461. The first-order valence-electron chi connectivity index (χ1n) is 7.47. The quantitative estimate of drug-likeness (QED) is 0.316. The largest absolute Gasteiger partial charge is 0.489 e. The first-order chi connectivity index (χ1) is 11.2. The molecule has 0 bridgehead atoms. The van der Waals surface area contributed by atoms with Crippen LogP contribution >= 0.6 is 27.7 Å². The van der Waals surface area contributed by atoms with Crippen molar-refractivity contribution in [2.45, 2.75) is 18.7 Å². The number of halogens is 1. The Hall–Kier alpha value is -0.760. The topological polar surface area (TPSA) is 54.0 Å². The molecule has 0 aliphatic rings. The molecule has 5 nitrogen and oxygen atoms in total. The van der Waals surface area contributed by atoms with Crippen LogP contribution in [0.15, 0.2) is 21.5 Å². The zero-order chi connectivity index (χ0) is 17.1. The SMILES string of the molecule is CCOC(=O)c1ccc(SCC)c(OCCOCCOC)c1Br. The highest BCUT2D eigenvalue weighted by atomic mass is 79.9. The number of rotatable bonds is 11. The predicted molar refractivity (Wildman–Crippen MR) is 94.7 cm³/mol. The molecule has 0 aromatic heterocycles. The molecule has 0 amide bonds. The predicted octanol–water partition coefficient (Wildman–Crippen LogP) is 3.78. The minimum atomic E-state index is -0.367. The van der Waals surface area contributed by atoms with E-state index in [1.54, 1.807) is 31.9 Å². The van der Waals surface area contributed by atoms with Crippen LogP contribution in [0.1, 0.15) is 24.2 Å². The van der Waals surface area contributed by atoms with Crippen molar-refractivity contribution in [2.24, 2.45) is 0 Å². The van der Waals surface area contributed by atoms with E-state index in [9.17, 15) is 4.79 Å². The molecule has 0 unspecified atom stereocenters. The van der Waals surface area contributed by atoms with Crippen LogP contribution < -0.4 is 4.74 Å². The fraction of sp³-hybridized carbons (Fsp3) is 0.562. The monoisotopic (exact) mass is 406 g/mol. The van der Waals surface area contributed by atoms with E-state index >= 15 is 0 Å². The van der Waals surface area contributed by atoms with Gasteiger partial charge in [0.05, 0.1) is 41.4 Å². The molecule has 0 heterocycles. The number of benzene rings is 1. The lowest BCUT2D eigenvalue weighted by Gasteiger charge is -2.15. The van der Waals surface area contributed by atoms with Gasteiger partial charge in [-0.05, 0) is 40.7 Å².